The zero-order chi connectivity index (χ0) is 19.6. The third-order valence-electron chi connectivity index (χ3n) is 4.68. The summed E-state index contributed by atoms with van der Waals surface area (Å²) in [6.45, 7) is -0.255. The van der Waals surface area contributed by atoms with Gasteiger partial charge in [-0.2, -0.15) is 5.10 Å². The minimum absolute atomic E-state index is 0.0428. The minimum atomic E-state index is -3.10. The van der Waals surface area contributed by atoms with Crippen molar-refractivity contribution < 1.29 is 17.9 Å². The quantitative estimate of drug-likeness (QED) is 0.739. The summed E-state index contributed by atoms with van der Waals surface area (Å²) in [7, 11) is 0.00571. The number of rotatable bonds is 5. The average molecular weight is 391 g/mol. The van der Waals surface area contributed by atoms with Gasteiger partial charge in [-0.05, 0) is 24.6 Å². The Balaban J connectivity index is 1.83. The van der Waals surface area contributed by atoms with Crippen LogP contribution in [0, 0.1) is 0 Å². The van der Waals surface area contributed by atoms with Crippen molar-refractivity contribution in [1.29, 1.82) is 0 Å². The summed E-state index contributed by atoms with van der Waals surface area (Å²) in [5.41, 5.74) is 0.803. The fourth-order valence-electron chi connectivity index (χ4n) is 3.09. The number of para-hydroxylation sites is 1. The molecule has 2 aromatic rings. The van der Waals surface area contributed by atoms with Crippen LogP contribution < -0.4 is 10.3 Å². The van der Waals surface area contributed by atoms with Gasteiger partial charge in [0.05, 0.1) is 24.3 Å². The molecule has 1 unspecified atom stereocenters. The Morgan fingerprint density at radius 2 is 2.04 bits per heavy atom. The number of ether oxygens (including phenoxy) is 1. The fourth-order valence-corrected chi connectivity index (χ4v) is 4.86. The second kappa shape index (κ2) is 7.51. The van der Waals surface area contributed by atoms with E-state index in [0.29, 0.717) is 23.4 Å². The first kappa shape index (κ1) is 19.1. The SMILES string of the molecule is COc1ccccc1-c1ccc(=O)n(CC(=O)N(C)C2CCS(=O)(=O)C2)n1. The number of amides is 1. The predicted octanol–water partition coefficient (Wildman–Crippen LogP) is 0.564. The topological polar surface area (TPSA) is 98.6 Å². The zero-order valence-corrected chi connectivity index (χ0v) is 16.0. The third kappa shape index (κ3) is 4.19. The monoisotopic (exact) mass is 391 g/mol. The number of hydrogen-bond acceptors (Lipinski definition) is 6. The van der Waals surface area contributed by atoms with Gasteiger partial charge in [-0.3, -0.25) is 9.59 Å². The lowest BCUT2D eigenvalue weighted by atomic mass is 10.1. The molecular weight excluding hydrogens is 370 g/mol. The van der Waals surface area contributed by atoms with Gasteiger partial charge in [0.15, 0.2) is 9.84 Å². The highest BCUT2D eigenvalue weighted by molar-refractivity contribution is 7.91. The van der Waals surface area contributed by atoms with E-state index < -0.39 is 15.4 Å². The summed E-state index contributed by atoms with van der Waals surface area (Å²) >= 11 is 0. The van der Waals surface area contributed by atoms with Crippen LogP contribution in [0.4, 0.5) is 0 Å². The molecule has 1 aliphatic heterocycles. The second-order valence-electron chi connectivity index (χ2n) is 6.48. The van der Waals surface area contributed by atoms with Crippen LogP contribution in [-0.2, 0) is 21.2 Å². The van der Waals surface area contributed by atoms with Crippen molar-refractivity contribution in [3.05, 3.63) is 46.8 Å². The molecule has 0 aliphatic carbocycles. The Morgan fingerprint density at radius 1 is 1.30 bits per heavy atom. The fraction of sp³-hybridized carbons (Fsp3) is 0.389. The van der Waals surface area contributed by atoms with Crippen molar-refractivity contribution >= 4 is 15.7 Å². The summed E-state index contributed by atoms with van der Waals surface area (Å²) in [5.74, 6) is 0.286. The van der Waals surface area contributed by atoms with Gasteiger partial charge in [0.2, 0.25) is 5.91 Å². The van der Waals surface area contributed by atoms with E-state index in [9.17, 15) is 18.0 Å². The van der Waals surface area contributed by atoms with E-state index in [0.717, 1.165) is 4.68 Å². The molecular formula is C18H21N3O5S. The van der Waals surface area contributed by atoms with Gasteiger partial charge < -0.3 is 9.64 Å². The summed E-state index contributed by atoms with van der Waals surface area (Å²) in [6, 6.07) is 9.81. The van der Waals surface area contributed by atoms with E-state index in [4.69, 9.17) is 4.74 Å². The molecule has 1 amide bonds. The molecule has 1 aromatic heterocycles. The number of carbonyl (C=O) groups excluding carboxylic acids is 1. The van der Waals surface area contributed by atoms with Crippen molar-refractivity contribution in [1.82, 2.24) is 14.7 Å². The highest BCUT2D eigenvalue weighted by Gasteiger charge is 2.32. The molecule has 9 heteroatoms. The number of benzene rings is 1. The molecule has 0 N–H and O–H groups in total. The average Bonchev–Trinajstić information content (AvgIpc) is 3.02. The van der Waals surface area contributed by atoms with Gasteiger partial charge in [0.1, 0.15) is 12.3 Å². The Kier molecular flexibility index (Phi) is 5.31. The summed E-state index contributed by atoms with van der Waals surface area (Å²) in [5, 5.41) is 4.29. The van der Waals surface area contributed by atoms with Crippen LogP contribution >= 0.6 is 0 Å². The number of carbonyl (C=O) groups is 1. The van der Waals surface area contributed by atoms with Crippen molar-refractivity contribution in [2.75, 3.05) is 25.7 Å². The summed E-state index contributed by atoms with van der Waals surface area (Å²) in [6.07, 6.45) is 0.411. The van der Waals surface area contributed by atoms with Crippen LogP contribution in [-0.4, -0.2) is 60.7 Å². The molecule has 1 aromatic carbocycles. The minimum Gasteiger partial charge on any atom is -0.496 e. The van der Waals surface area contributed by atoms with Gasteiger partial charge in [-0.25, -0.2) is 13.1 Å². The molecule has 1 fully saturated rings. The Labute approximate surface area is 157 Å². The van der Waals surface area contributed by atoms with Crippen molar-refractivity contribution in [3.63, 3.8) is 0 Å². The van der Waals surface area contributed by atoms with E-state index in [1.54, 1.807) is 26.3 Å². The van der Waals surface area contributed by atoms with Gasteiger partial charge in [-0.1, -0.05) is 12.1 Å². The first-order valence-electron chi connectivity index (χ1n) is 8.48. The molecule has 0 saturated carbocycles. The maximum Gasteiger partial charge on any atom is 0.267 e. The molecule has 2 heterocycles. The first-order chi connectivity index (χ1) is 12.8. The third-order valence-corrected chi connectivity index (χ3v) is 6.43. The normalized spacial score (nSPS) is 18.2. The molecule has 0 bridgehead atoms. The maximum atomic E-state index is 12.5. The van der Waals surface area contributed by atoms with Gasteiger partial charge >= 0.3 is 0 Å². The summed E-state index contributed by atoms with van der Waals surface area (Å²) < 4.78 is 29.7. The number of hydrogen-bond donors (Lipinski definition) is 0. The largest absolute Gasteiger partial charge is 0.496 e. The lowest BCUT2D eigenvalue weighted by molar-refractivity contribution is -0.132. The number of likely N-dealkylation sites (N-methyl/N-ethyl adjacent to an activating group) is 1. The van der Waals surface area contributed by atoms with Crippen molar-refractivity contribution in [2.45, 2.75) is 19.0 Å². The van der Waals surface area contributed by atoms with Crippen LogP contribution in [0.15, 0.2) is 41.2 Å². The van der Waals surface area contributed by atoms with Crippen LogP contribution in [0.25, 0.3) is 11.3 Å². The number of aromatic nitrogens is 2. The second-order valence-corrected chi connectivity index (χ2v) is 8.70. The van der Waals surface area contributed by atoms with Gasteiger partial charge in [0.25, 0.3) is 5.56 Å². The molecule has 8 nitrogen and oxygen atoms in total. The molecule has 27 heavy (non-hydrogen) atoms. The maximum absolute atomic E-state index is 12.5. The van der Waals surface area contributed by atoms with Gasteiger partial charge in [-0.15, -0.1) is 0 Å². The zero-order valence-electron chi connectivity index (χ0n) is 15.2. The predicted molar refractivity (Wildman–Crippen MR) is 100 cm³/mol. The molecule has 3 rings (SSSR count). The van der Waals surface area contributed by atoms with Gasteiger partial charge in [0, 0.05) is 24.7 Å². The van der Waals surface area contributed by atoms with E-state index in [-0.39, 0.29) is 30.0 Å². The Hall–Kier alpha value is -2.68. The van der Waals surface area contributed by atoms with E-state index >= 15 is 0 Å². The highest BCUT2D eigenvalue weighted by Crippen LogP contribution is 2.27. The smallest absolute Gasteiger partial charge is 0.267 e. The molecule has 1 aliphatic rings. The molecule has 1 saturated heterocycles. The van der Waals surface area contributed by atoms with E-state index in [1.807, 2.05) is 18.2 Å². The highest BCUT2D eigenvalue weighted by atomic mass is 32.2. The molecule has 144 valence electrons. The van der Waals surface area contributed by atoms with Crippen molar-refractivity contribution in [3.8, 4) is 17.0 Å². The Bertz CT molecular complexity index is 1020. The van der Waals surface area contributed by atoms with E-state index in [1.165, 1.54) is 11.0 Å². The molecule has 0 radical (unpaired) electrons. The van der Waals surface area contributed by atoms with Crippen LogP contribution in [0.3, 0.4) is 0 Å². The lowest BCUT2D eigenvalue weighted by Gasteiger charge is -2.23. The number of sulfone groups is 1. The molecule has 1 atom stereocenters. The van der Waals surface area contributed by atoms with Crippen LogP contribution in [0.5, 0.6) is 5.75 Å². The number of methoxy groups -OCH3 is 1. The summed E-state index contributed by atoms with van der Waals surface area (Å²) in [4.78, 5) is 26.1. The standard InChI is InChI=1S/C18H21N3O5S/c1-20(13-9-10-27(24,25)12-13)18(23)11-21-17(22)8-7-15(19-21)14-5-3-4-6-16(14)26-2/h3-8,13H,9-12H2,1-2H3. The Morgan fingerprint density at radius 3 is 2.70 bits per heavy atom. The van der Waals surface area contributed by atoms with Crippen LogP contribution in [0.1, 0.15) is 6.42 Å². The lowest BCUT2D eigenvalue weighted by Crippen LogP contribution is -2.41. The first-order valence-corrected chi connectivity index (χ1v) is 10.3. The van der Waals surface area contributed by atoms with E-state index in [2.05, 4.69) is 5.10 Å². The van der Waals surface area contributed by atoms with Crippen molar-refractivity contribution in [2.24, 2.45) is 0 Å². The van der Waals surface area contributed by atoms with Crippen LogP contribution in [0.2, 0.25) is 0 Å². The number of nitrogens with zero attached hydrogens (tertiary/aromatic N) is 3. The molecule has 0 spiro atoms.